The Morgan fingerprint density at radius 1 is 0.778 bits per heavy atom. The minimum absolute atomic E-state index is 0.0938. The maximum absolute atomic E-state index is 11.7. The van der Waals surface area contributed by atoms with Crippen molar-refractivity contribution < 1.29 is 23.8 Å². The fourth-order valence-corrected chi connectivity index (χ4v) is 2.72. The van der Waals surface area contributed by atoms with Crippen LogP contribution in [-0.2, 0) is 19.1 Å². The summed E-state index contributed by atoms with van der Waals surface area (Å²) in [6.45, 7) is 3.13. The van der Waals surface area contributed by atoms with Gasteiger partial charge in [0.2, 0.25) is 0 Å². The second kappa shape index (κ2) is 15.5. The quantitative estimate of drug-likeness (QED) is 0.267. The highest BCUT2D eigenvalue weighted by Gasteiger charge is 2.04. The third-order valence-electron chi connectivity index (χ3n) is 3.91. The first-order valence-electron chi connectivity index (χ1n) is 9.81. The standard InChI is InChI=1S/C21H31BrO5/c1-2-15-26-20(23)9-7-5-3-4-6-8-10-21(24)27-17-16-25-19-13-11-18(22)12-14-19/h11-14H,2-10,15-17H2,1H3. The maximum atomic E-state index is 11.7. The van der Waals surface area contributed by atoms with Gasteiger partial charge in [0.15, 0.2) is 0 Å². The molecule has 6 heteroatoms. The zero-order valence-electron chi connectivity index (χ0n) is 16.2. The molecule has 0 aliphatic carbocycles. The minimum atomic E-state index is -0.173. The molecule has 0 radical (unpaired) electrons. The predicted molar refractivity (Wildman–Crippen MR) is 109 cm³/mol. The first-order valence-corrected chi connectivity index (χ1v) is 10.6. The van der Waals surface area contributed by atoms with Gasteiger partial charge in [-0.1, -0.05) is 48.5 Å². The van der Waals surface area contributed by atoms with E-state index in [1.807, 2.05) is 31.2 Å². The molecule has 152 valence electrons. The van der Waals surface area contributed by atoms with Gasteiger partial charge in [-0.15, -0.1) is 0 Å². The Morgan fingerprint density at radius 3 is 1.85 bits per heavy atom. The molecule has 0 aliphatic heterocycles. The molecule has 0 aliphatic rings. The number of carbonyl (C=O) groups is 2. The number of ether oxygens (including phenoxy) is 3. The zero-order chi connectivity index (χ0) is 19.7. The van der Waals surface area contributed by atoms with E-state index in [0.29, 0.717) is 26.1 Å². The van der Waals surface area contributed by atoms with E-state index in [9.17, 15) is 9.59 Å². The van der Waals surface area contributed by atoms with Crippen LogP contribution in [0.3, 0.4) is 0 Å². The Morgan fingerprint density at radius 2 is 1.30 bits per heavy atom. The van der Waals surface area contributed by atoms with Crippen LogP contribution in [0.15, 0.2) is 28.7 Å². The lowest BCUT2D eigenvalue weighted by Gasteiger charge is -2.07. The first kappa shape index (κ1) is 23.5. The van der Waals surface area contributed by atoms with Crippen LogP contribution in [0, 0.1) is 0 Å². The van der Waals surface area contributed by atoms with Gasteiger partial charge in [-0.3, -0.25) is 9.59 Å². The summed E-state index contributed by atoms with van der Waals surface area (Å²) in [7, 11) is 0. The molecule has 0 atom stereocenters. The van der Waals surface area contributed by atoms with Crippen LogP contribution in [0.4, 0.5) is 0 Å². The summed E-state index contributed by atoms with van der Waals surface area (Å²) in [6.07, 6.45) is 7.72. The van der Waals surface area contributed by atoms with E-state index in [0.717, 1.165) is 55.2 Å². The summed E-state index contributed by atoms with van der Waals surface area (Å²) in [5.74, 6) is 0.490. The van der Waals surface area contributed by atoms with E-state index in [2.05, 4.69) is 15.9 Å². The topological polar surface area (TPSA) is 61.8 Å². The molecular formula is C21H31BrO5. The highest BCUT2D eigenvalue weighted by Crippen LogP contribution is 2.16. The van der Waals surface area contributed by atoms with Gasteiger partial charge in [0, 0.05) is 17.3 Å². The van der Waals surface area contributed by atoms with E-state index in [4.69, 9.17) is 14.2 Å². The molecule has 1 rings (SSSR count). The number of unbranched alkanes of at least 4 members (excludes halogenated alkanes) is 5. The van der Waals surface area contributed by atoms with Crippen molar-refractivity contribution in [1.82, 2.24) is 0 Å². The fourth-order valence-electron chi connectivity index (χ4n) is 2.45. The molecule has 1 aromatic rings. The number of benzene rings is 1. The summed E-state index contributed by atoms with van der Waals surface area (Å²) in [6, 6.07) is 7.53. The molecule has 0 unspecified atom stereocenters. The third-order valence-corrected chi connectivity index (χ3v) is 4.44. The number of halogens is 1. The van der Waals surface area contributed by atoms with E-state index >= 15 is 0 Å². The lowest BCUT2D eigenvalue weighted by molar-refractivity contribution is -0.145. The van der Waals surface area contributed by atoms with Crippen LogP contribution in [0.25, 0.3) is 0 Å². The fraction of sp³-hybridized carbons (Fsp3) is 0.619. The first-order chi connectivity index (χ1) is 13.1. The van der Waals surface area contributed by atoms with Crippen LogP contribution in [0.5, 0.6) is 5.75 Å². The second-order valence-corrected chi connectivity index (χ2v) is 7.28. The van der Waals surface area contributed by atoms with E-state index in [1.54, 1.807) is 0 Å². The summed E-state index contributed by atoms with van der Waals surface area (Å²) in [4.78, 5) is 23.0. The Hall–Kier alpha value is -1.56. The summed E-state index contributed by atoms with van der Waals surface area (Å²) < 4.78 is 16.7. The Bertz CT molecular complexity index is 530. The molecule has 27 heavy (non-hydrogen) atoms. The van der Waals surface area contributed by atoms with Crippen LogP contribution in [0.2, 0.25) is 0 Å². The van der Waals surface area contributed by atoms with Gasteiger partial charge in [0.1, 0.15) is 19.0 Å². The normalized spacial score (nSPS) is 10.4. The molecule has 5 nitrogen and oxygen atoms in total. The molecule has 0 N–H and O–H groups in total. The number of hydrogen-bond donors (Lipinski definition) is 0. The SMILES string of the molecule is CCCOC(=O)CCCCCCCCC(=O)OCCOc1ccc(Br)cc1. The number of hydrogen-bond acceptors (Lipinski definition) is 5. The highest BCUT2D eigenvalue weighted by molar-refractivity contribution is 9.10. The summed E-state index contributed by atoms with van der Waals surface area (Å²) in [5.41, 5.74) is 0. The van der Waals surface area contributed by atoms with Crippen molar-refractivity contribution in [1.29, 1.82) is 0 Å². The van der Waals surface area contributed by atoms with Crippen molar-refractivity contribution in [2.75, 3.05) is 19.8 Å². The maximum Gasteiger partial charge on any atom is 0.305 e. The van der Waals surface area contributed by atoms with E-state index in [1.165, 1.54) is 0 Å². The lowest BCUT2D eigenvalue weighted by Crippen LogP contribution is -2.12. The van der Waals surface area contributed by atoms with Crippen LogP contribution < -0.4 is 4.74 Å². The van der Waals surface area contributed by atoms with Crippen molar-refractivity contribution in [3.8, 4) is 5.75 Å². The van der Waals surface area contributed by atoms with Gasteiger partial charge in [-0.05, 0) is 43.5 Å². The average Bonchev–Trinajstić information content (AvgIpc) is 2.67. The Balaban J connectivity index is 1.88. The molecule has 0 saturated heterocycles. The predicted octanol–water partition coefficient (Wildman–Crippen LogP) is 5.45. The molecule has 0 fully saturated rings. The van der Waals surface area contributed by atoms with Gasteiger partial charge >= 0.3 is 11.9 Å². The van der Waals surface area contributed by atoms with Crippen molar-refractivity contribution in [3.05, 3.63) is 28.7 Å². The van der Waals surface area contributed by atoms with E-state index < -0.39 is 0 Å². The van der Waals surface area contributed by atoms with Gasteiger partial charge in [-0.25, -0.2) is 0 Å². The highest BCUT2D eigenvalue weighted by atomic mass is 79.9. The smallest absolute Gasteiger partial charge is 0.305 e. The molecule has 0 spiro atoms. The van der Waals surface area contributed by atoms with Crippen LogP contribution in [0.1, 0.15) is 64.7 Å². The van der Waals surface area contributed by atoms with Crippen LogP contribution >= 0.6 is 15.9 Å². The molecule has 0 amide bonds. The van der Waals surface area contributed by atoms with Crippen molar-refractivity contribution in [2.45, 2.75) is 64.7 Å². The Kier molecular flexibility index (Phi) is 13.5. The van der Waals surface area contributed by atoms with Crippen molar-refractivity contribution in [2.24, 2.45) is 0 Å². The van der Waals surface area contributed by atoms with Crippen molar-refractivity contribution in [3.63, 3.8) is 0 Å². The number of carbonyl (C=O) groups excluding carboxylic acids is 2. The van der Waals surface area contributed by atoms with Crippen molar-refractivity contribution >= 4 is 27.9 Å². The van der Waals surface area contributed by atoms with Gasteiger partial charge in [-0.2, -0.15) is 0 Å². The van der Waals surface area contributed by atoms with Gasteiger partial charge in [0.25, 0.3) is 0 Å². The zero-order valence-corrected chi connectivity index (χ0v) is 17.8. The molecule has 1 aromatic carbocycles. The number of rotatable bonds is 15. The monoisotopic (exact) mass is 442 g/mol. The Labute approximate surface area is 170 Å². The molecule has 0 saturated carbocycles. The van der Waals surface area contributed by atoms with E-state index in [-0.39, 0.29) is 18.5 Å². The number of esters is 2. The van der Waals surface area contributed by atoms with Crippen LogP contribution in [-0.4, -0.2) is 31.8 Å². The van der Waals surface area contributed by atoms with Gasteiger partial charge in [0.05, 0.1) is 6.61 Å². The lowest BCUT2D eigenvalue weighted by atomic mass is 10.1. The molecular weight excluding hydrogens is 412 g/mol. The molecule has 0 bridgehead atoms. The molecule has 0 heterocycles. The largest absolute Gasteiger partial charge is 0.490 e. The summed E-state index contributed by atoms with van der Waals surface area (Å²) >= 11 is 3.36. The molecule has 0 aromatic heterocycles. The third kappa shape index (κ3) is 13.3. The second-order valence-electron chi connectivity index (χ2n) is 6.36. The average molecular weight is 443 g/mol. The minimum Gasteiger partial charge on any atom is -0.490 e. The van der Waals surface area contributed by atoms with Gasteiger partial charge < -0.3 is 14.2 Å². The summed E-state index contributed by atoms with van der Waals surface area (Å²) in [5, 5.41) is 0.